The summed E-state index contributed by atoms with van der Waals surface area (Å²) in [5.74, 6) is -0.756. The minimum atomic E-state index is -0.989. The van der Waals surface area contributed by atoms with E-state index in [0.717, 1.165) is 25.7 Å². The minimum Gasteiger partial charge on any atom is -0.480 e. The van der Waals surface area contributed by atoms with Crippen molar-refractivity contribution in [1.29, 1.82) is 0 Å². The third kappa shape index (κ3) is 4.78. The van der Waals surface area contributed by atoms with E-state index in [2.05, 4.69) is 5.32 Å². The Morgan fingerprint density at radius 3 is 2.60 bits per heavy atom. The second-order valence-electron chi connectivity index (χ2n) is 3.72. The van der Waals surface area contributed by atoms with E-state index in [1.807, 2.05) is 0 Å². The monoisotopic (exact) mass is 215 g/mol. The van der Waals surface area contributed by atoms with Gasteiger partial charge < -0.3 is 15.2 Å². The molecule has 86 valence electrons. The number of carbonyl (C=O) groups is 2. The van der Waals surface area contributed by atoms with Crippen molar-refractivity contribution in [2.75, 3.05) is 19.8 Å². The Morgan fingerprint density at radius 1 is 1.33 bits per heavy atom. The van der Waals surface area contributed by atoms with Gasteiger partial charge in [-0.2, -0.15) is 0 Å². The lowest BCUT2D eigenvalue weighted by Crippen LogP contribution is -2.32. The molecule has 2 N–H and O–H groups in total. The van der Waals surface area contributed by atoms with Crippen molar-refractivity contribution in [3.63, 3.8) is 0 Å². The standard InChI is InChI=1S/C10H17NO4/c12-9(13)7-15-6-5-11-10(14)8-3-1-2-4-8/h8H,1-7H2,(H,11,14)(H,12,13). The van der Waals surface area contributed by atoms with Crippen molar-refractivity contribution in [1.82, 2.24) is 5.32 Å². The Kier molecular flexibility index (Phi) is 5.10. The minimum absolute atomic E-state index is 0.0754. The summed E-state index contributed by atoms with van der Waals surface area (Å²) in [7, 11) is 0. The molecular weight excluding hydrogens is 198 g/mol. The van der Waals surface area contributed by atoms with E-state index >= 15 is 0 Å². The van der Waals surface area contributed by atoms with Crippen LogP contribution in [0.4, 0.5) is 0 Å². The van der Waals surface area contributed by atoms with Crippen LogP contribution in [0.2, 0.25) is 0 Å². The number of hydrogen-bond donors (Lipinski definition) is 2. The predicted octanol–water partition coefficient (Wildman–Crippen LogP) is 0.394. The van der Waals surface area contributed by atoms with E-state index in [-0.39, 0.29) is 25.0 Å². The molecule has 0 atom stereocenters. The molecule has 1 amide bonds. The summed E-state index contributed by atoms with van der Waals surface area (Å²) in [5, 5.41) is 11.0. The Morgan fingerprint density at radius 2 is 2.00 bits per heavy atom. The van der Waals surface area contributed by atoms with Crippen LogP contribution >= 0.6 is 0 Å². The van der Waals surface area contributed by atoms with E-state index < -0.39 is 5.97 Å². The highest BCUT2D eigenvalue weighted by Crippen LogP contribution is 2.24. The van der Waals surface area contributed by atoms with Crippen LogP contribution in [0.25, 0.3) is 0 Å². The Labute approximate surface area is 88.8 Å². The van der Waals surface area contributed by atoms with Crippen LogP contribution in [0.15, 0.2) is 0 Å². The van der Waals surface area contributed by atoms with Crippen LogP contribution in [-0.2, 0) is 14.3 Å². The first-order chi connectivity index (χ1) is 7.20. The molecule has 0 aliphatic heterocycles. The van der Waals surface area contributed by atoms with Crippen LogP contribution < -0.4 is 5.32 Å². The summed E-state index contributed by atoms with van der Waals surface area (Å²) >= 11 is 0. The zero-order valence-electron chi connectivity index (χ0n) is 8.70. The molecule has 0 unspecified atom stereocenters. The molecule has 1 rings (SSSR count). The zero-order chi connectivity index (χ0) is 11.1. The lowest BCUT2D eigenvalue weighted by atomic mass is 10.1. The molecule has 5 nitrogen and oxygen atoms in total. The number of ether oxygens (including phenoxy) is 1. The highest BCUT2D eigenvalue weighted by atomic mass is 16.5. The smallest absolute Gasteiger partial charge is 0.329 e. The molecule has 0 heterocycles. The molecule has 0 aromatic carbocycles. The number of amides is 1. The van der Waals surface area contributed by atoms with Gasteiger partial charge in [0.05, 0.1) is 6.61 Å². The van der Waals surface area contributed by atoms with Crippen LogP contribution in [-0.4, -0.2) is 36.7 Å². The zero-order valence-corrected chi connectivity index (χ0v) is 8.70. The number of carbonyl (C=O) groups excluding carboxylic acids is 1. The third-order valence-corrected chi connectivity index (χ3v) is 2.50. The molecule has 0 saturated heterocycles. The van der Waals surface area contributed by atoms with Gasteiger partial charge in [0.2, 0.25) is 5.91 Å². The number of carboxylic acids is 1. The first-order valence-electron chi connectivity index (χ1n) is 5.27. The van der Waals surface area contributed by atoms with E-state index in [1.54, 1.807) is 0 Å². The molecule has 0 spiro atoms. The van der Waals surface area contributed by atoms with Gasteiger partial charge in [-0.15, -0.1) is 0 Å². The fourth-order valence-electron chi connectivity index (χ4n) is 1.74. The first-order valence-corrected chi connectivity index (χ1v) is 5.27. The highest BCUT2D eigenvalue weighted by molar-refractivity contribution is 5.78. The van der Waals surface area contributed by atoms with Gasteiger partial charge in [0.15, 0.2) is 0 Å². The van der Waals surface area contributed by atoms with Crippen molar-refractivity contribution in [3.8, 4) is 0 Å². The van der Waals surface area contributed by atoms with Gasteiger partial charge >= 0.3 is 5.97 Å². The SMILES string of the molecule is O=C(O)COCCNC(=O)C1CCCC1. The van der Waals surface area contributed by atoms with Crippen LogP contribution in [0.3, 0.4) is 0 Å². The largest absolute Gasteiger partial charge is 0.480 e. The van der Waals surface area contributed by atoms with E-state index in [0.29, 0.717) is 6.54 Å². The molecule has 1 aliphatic carbocycles. The van der Waals surface area contributed by atoms with Crippen molar-refractivity contribution in [2.45, 2.75) is 25.7 Å². The highest BCUT2D eigenvalue weighted by Gasteiger charge is 2.21. The summed E-state index contributed by atoms with van der Waals surface area (Å²) in [6.45, 7) is 0.340. The second kappa shape index (κ2) is 6.40. The lowest BCUT2D eigenvalue weighted by molar-refractivity contribution is -0.142. The van der Waals surface area contributed by atoms with Crippen LogP contribution in [0, 0.1) is 5.92 Å². The normalized spacial score (nSPS) is 16.5. The molecule has 1 aliphatic rings. The Bertz CT molecular complexity index is 223. The molecule has 0 aromatic rings. The number of aliphatic carboxylic acids is 1. The van der Waals surface area contributed by atoms with E-state index in [4.69, 9.17) is 9.84 Å². The summed E-state index contributed by atoms with van der Waals surface area (Å²) in [6, 6.07) is 0. The van der Waals surface area contributed by atoms with Gasteiger partial charge in [0, 0.05) is 12.5 Å². The number of carboxylic acid groups (broad SMARTS) is 1. The molecule has 1 saturated carbocycles. The number of rotatable bonds is 6. The molecule has 15 heavy (non-hydrogen) atoms. The van der Waals surface area contributed by atoms with Gasteiger partial charge in [-0.1, -0.05) is 12.8 Å². The average molecular weight is 215 g/mol. The molecule has 5 heteroatoms. The molecular formula is C10H17NO4. The third-order valence-electron chi connectivity index (χ3n) is 2.50. The van der Waals surface area contributed by atoms with Crippen molar-refractivity contribution in [2.24, 2.45) is 5.92 Å². The van der Waals surface area contributed by atoms with E-state index in [9.17, 15) is 9.59 Å². The molecule has 1 fully saturated rings. The summed E-state index contributed by atoms with van der Waals surface area (Å²) in [4.78, 5) is 21.6. The molecule has 0 radical (unpaired) electrons. The van der Waals surface area contributed by atoms with Gasteiger partial charge in [0.25, 0.3) is 0 Å². The van der Waals surface area contributed by atoms with Crippen LogP contribution in [0.1, 0.15) is 25.7 Å². The van der Waals surface area contributed by atoms with Crippen molar-refractivity contribution in [3.05, 3.63) is 0 Å². The average Bonchev–Trinajstić information content (AvgIpc) is 2.69. The Hall–Kier alpha value is -1.10. The maximum absolute atomic E-state index is 11.5. The summed E-state index contributed by atoms with van der Waals surface area (Å²) in [5.41, 5.74) is 0. The van der Waals surface area contributed by atoms with Crippen molar-refractivity contribution >= 4 is 11.9 Å². The fraction of sp³-hybridized carbons (Fsp3) is 0.800. The second-order valence-corrected chi connectivity index (χ2v) is 3.72. The quantitative estimate of drug-likeness (QED) is 0.629. The first kappa shape index (κ1) is 12.0. The van der Waals surface area contributed by atoms with Gasteiger partial charge in [-0.3, -0.25) is 4.79 Å². The van der Waals surface area contributed by atoms with Gasteiger partial charge in [0.1, 0.15) is 6.61 Å². The van der Waals surface area contributed by atoms with Crippen molar-refractivity contribution < 1.29 is 19.4 Å². The molecule has 0 aromatic heterocycles. The maximum Gasteiger partial charge on any atom is 0.329 e. The summed E-state index contributed by atoms with van der Waals surface area (Å²) < 4.78 is 4.79. The number of nitrogens with one attached hydrogen (secondary N) is 1. The topological polar surface area (TPSA) is 75.6 Å². The van der Waals surface area contributed by atoms with Gasteiger partial charge in [-0.05, 0) is 12.8 Å². The Balaban J connectivity index is 1.99. The summed E-state index contributed by atoms with van der Waals surface area (Å²) in [6.07, 6.45) is 4.21. The van der Waals surface area contributed by atoms with E-state index in [1.165, 1.54) is 0 Å². The fourth-order valence-corrected chi connectivity index (χ4v) is 1.74. The van der Waals surface area contributed by atoms with Gasteiger partial charge in [-0.25, -0.2) is 4.79 Å². The maximum atomic E-state index is 11.5. The number of hydrogen-bond acceptors (Lipinski definition) is 3. The predicted molar refractivity (Wildman–Crippen MR) is 53.4 cm³/mol. The van der Waals surface area contributed by atoms with Crippen LogP contribution in [0.5, 0.6) is 0 Å². The lowest BCUT2D eigenvalue weighted by Gasteiger charge is -2.09. The molecule has 0 bridgehead atoms.